The fourth-order valence-corrected chi connectivity index (χ4v) is 3.80. The Bertz CT molecular complexity index is 511. The van der Waals surface area contributed by atoms with Crippen LogP contribution in [0.2, 0.25) is 0 Å². The zero-order chi connectivity index (χ0) is 17.3. The van der Waals surface area contributed by atoms with Crippen molar-refractivity contribution in [2.24, 2.45) is 0 Å². The summed E-state index contributed by atoms with van der Waals surface area (Å²) in [6.07, 6.45) is 13.5. The number of hydrogen-bond acceptors (Lipinski definition) is 5. The third kappa shape index (κ3) is 5.75. The fourth-order valence-electron chi connectivity index (χ4n) is 3.80. The summed E-state index contributed by atoms with van der Waals surface area (Å²) < 4.78 is 5.79. The first kappa shape index (κ1) is 18.3. The van der Waals surface area contributed by atoms with Crippen LogP contribution in [0, 0.1) is 0 Å². The smallest absolute Gasteiger partial charge is 0.223 e. The van der Waals surface area contributed by atoms with Gasteiger partial charge in [0.15, 0.2) is 0 Å². The van der Waals surface area contributed by atoms with E-state index in [2.05, 4.69) is 20.2 Å². The van der Waals surface area contributed by atoms with Gasteiger partial charge in [-0.1, -0.05) is 0 Å². The molecule has 2 fully saturated rings. The van der Waals surface area contributed by atoms with Crippen LogP contribution in [-0.4, -0.2) is 52.6 Å². The summed E-state index contributed by atoms with van der Waals surface area (Å²) in [4.78, 5) is 23.3. The van der Waals surface area contributed by atoms with Crippen LogP contribution in [-0.2, 0) is 16.1 Å². The number of hydrogen-bond donors (Lipinski definition) is 1. The molecule has 3 heterocycles. The van der Waals surface area contributed by atoms with Gasteiger partial charge in [-0.15, -0.1) is 0 Å². The molecule has 0 radical (unpaired) electrons. The van der Waals surface area contributed by atoms with Gasteiger partial charge in [-0.25, -0.2) is 9.97 Å². The van der Waals surface area contributed by atoms with Crippen LogP contribution in [0.5, 0.6) is 0 Å². The van der Waals surface area contributed by atoms with Gasteiger partial charge in [0, 0.05) is 43.6 Å². The third-order valence-corrected chi connectivity index (χ3v) is 5.23. The number of aromatic nitrogens is 2. The van der Waals surface area contributed by atoms with E-state index in [0.29, 0.717) is 19.0 Å². The Labute approximate surface area is 150 Å². The average molecular weight is 346 g/mol. The molecule has 2 aliphatic rings. The van der Waals surface area contributed by atoms with Gasteiger partial charge in [-0.05, 0) is 58.0 Å². The number of rotatable bonds is 6. The Hall–Kier alpha value is -1.53. The van der Waals surface area contributed by atoms with Crippen molar-refractivity contribution in [1.82, 2.24) is 20.2 Å². The quantitative estimate of drug-likeness (QED) is 0.856. The molecule has 2 aliphatic heterocycles. The van der Waals surface area contributed by atoms with Gasteiger partial charge in [0.1, 0.15) is 6.33 Å². The lowest BCUT2D eigenvalue weighted by Crippen LogP contribution is -2.40. The lowest BCUT2D eigenvalue weighted by atomic mass is 10.0. The maximum Gasteiger partial charge on any atom is 0.223 e. The largest absolute Gasteiger partial charge is 0.378 e. The second kappa shape index (κ2) is 9.82. The molecular weight excluding hydrogens is 316 g/mol. The number of carbonyl (C=O) groups is 1. The van der Waals surface area contributed by atoms with Gasteiger partial charge in [0.05, 0.1) is 6.10 Å². The summed E-state index contributed by atoms with van der Waals surface area (Å²) in [5.74, 6) is 0.241. The lowest BCUT2D eigenvalue weighted by Gasteiger charge is -2.32. The molecule has 2 saturated heterocycles. The predicted octanol–water partition coefficient (Wildman–Crippen LogP) is 2.30. The highest BCUT2D eigenvalue weighted by atomic mass is 16.5. The van der Waals surface area contributed by atoms with Crippen molar-refractivity contribution in [2.75, 3.05) is 19.7 Å². The maximum absolute atomic E-state index is 13.0. The summed E-state index contributed by atoms with van der Waals surface area (Å²) in [6.45, 7) is 3.47. The SMILES string of the molecule is O=C(CC[C@H]1CCCCO1)N(Cc1cncnc1)[C@H]1CCCNCC1. The second-order valence-electron chi connectivity index (χ2n) is 7.13. The van der Waals surface area contributed by atoms with Crippen LogP contribution in [0.3, 0.4) is 0 Å². The second-order valence-corrected chi connectivity index (χ2v) is 7.13. The van der Waals surface area contributed by atoms with Crippen LogP contribution in [0.25, 0.3) is 0 Å². The standard InChI is InChI=1S/C19H30N4O2/c24-19(7-6-18-5-1-2-11-25-18)23(14-16-12-21-15-22-13-16)17-4-3-9-20-10-8-17/h12-13,15,17-18,20H,1-11,14H2/t17-,18+/m0/s1. The van der Waals surface area contributed by atoms with Crippen molar-refractivity contribution in [3.05, 3.63) is 24.3 Å². The van der Waals surface area contributed by atoms with E-state index in [0.717, 1.165) is 63.8 Å². The minimum atomic E-state index is 0.241. The summed E-state index contributed by atoms with van der Waals surface area (Å²) >= 11 is 0. The Morgan fingerprint density at radius 3 is 2.84 bits per heavy atom. The van der Waals surface area contributed by atoms with E-state index in [4.69, 9.17) is 4.74 Å². The molecular formula is C19H30N4O2. The molecule has 0 aliphatic carbocycles. The van der Waals surface area contributed by atoms with Crippen molar-refractivity contribution in [3.63, 3.8) is 0 Å². The molecule has 6 heteroatoms. The fraction of sp³-hybridized carbons (Fsp3) is 0.737. The van der Waals surface area contributed by atoms with E-state index in [-0.39, 0.29) is 12.0 Å². The van der Waals surface area contributed by atoms with E-state index in [1.807, 2.05) is 12.4 Å². The topological polar surface area (TPSA) is 67.3 Å². The van der Waals surface area contributed by atoms with Crippen LogP contribution in [0.15, 0.2) is 18.7 Å². The first-order valence-corrected chi connectivity index (χ1v) is 9.68. The summed E-state index contributed by atoms with van der Waals surface area (Å²) in [6, 6.07) is 0.301. The van der Waals surface area contributed by atoms with Crippen molar-refractivity contribution in [1.29, 1.82) is 0 Å². The molecule has 0 spiro atoms. The monoisotopic (exact) mass is 346 g/mol. The average Bonchev–Trinajstić information content (AvgIpc) is 2.95. The summed E-state index contributed by atoms with van der Waals surface area (Å²) in [7, 11) is 0. The van der Waals surface area contributed by atoms with E-state index in [1.165, 1.54) is 12.7 Å². The normalized spacial score (nSPS) is 24.5. The number of ether oxygens (including phenoxy) is 1. The number of nitrogens with zero attached hydrogens (tertiary/aromatic N) is 3. The van der Waals surface area contributed by atoms with Crippen molar-refractivity contribution < 1.29 is 9.53 Å². The Morgan fingerprint density at radius 1 is 1.16 bits per heavy atom. The molecule has 0 saturated carbocycles. The minimum Gasteiger partial charge on any atom is -0.378 e. The highest BCUT2D eigenvalue weighted by molar-refractivity contribution is 5.76. The summed E-state index contributed by atoms with van der Waals surface area (Å²) in [5, 5.41) is 3.44. The molecule has 0 aromatic carbocycles. The highest BCUT2D eigenvalue weighted by Crippen LogP contribution is 2.21. The molecule has 138 valence electrons. The maximum atomic E-state index is 13.0. The van der Waals surface area contributed by atoms with Gasteiger partial charge >= 0.3 is 0 Å². The Morgan fingerprint density at radius 2 is 2.04 bits per heavy atom. The van der Waals surface area contributed by atoms with E-state index in [1.54, 1.807) is 0 Å². The summed E-state index contributed by atoms with van der Waals surface area (Å²) in [5.41, 5.74) is 1.00. The predicted molar refractivity (Wildman–Crippen MR) is 95.9 cm³/mol. The van der Waals surface area contributed by atoms with Crippen LogP contribution in [0.4, 0.5) is 0 Å². The van der Waals surface area contributed by atoms with E-state index < -0.39 is 0 Å². The zero-order valence-corrected chi connectivity index (χ0v) is 15.0. The van der Waals surface area contributed by atoms with Crippen LogP contribution < -0.4 is 5.32 Å². The number of nitrogens with one attached hydrogen (secondary N) is 1. The molecule has 2 atom stereocenters. The number of amides is 1. The minimum absolute atomic E-state index is 0.241. The molecule has 0 bridgehead atoms. The van der Waals surface area contributed by atoms with Crippen LogP contribution >= 0.6 is 0 Å². The van der Waals surface area contributed by atoms with Gasteiger partial charge < -0.3 is 15.0 Å². The number of carbonyl (C=O) groups excluding carboxylic acids is 1. The first-order chi connectivity index (χ1) is 12.3. The van der Waals surface area contributed by atoms with Crippen molar-refractivity contribution in [3.8, 4) is 0 Å². The molecule has 1 N–H and O–H groups in total. The van der Waals surface area contributed by atoms with Gasteiger partial charge in [-0.2, -0.15) is 0 Å². The molecule has 1 aromatic rings. The molecule has 1 amide bonds. The van der Waals surface area contributed by atoms with E-state index >= 15 is 0 Å². The zero-order valence-electron chi connectivity index (χ0n) is 15.0. The highest BCUT2D eigenvalue weighted by Gasteiger charge is 2.26. The molecule has 0 unspecified atom stereocenters. The lowest BCUT2D eigenvalue weighted by molar-refractivity contribution is -0.135. The Balaban J connectivity index is 1.62. The Kier molecular flexibility index (Phi) is 7.18. The third-order valence-electron chi connectivity index (χ3n) is 5.23. The molecule has 1 aromatic heterocycles. The van der Waals surface area contributed by atoms with Crippen molar-refractivity contribution >= 4 is 5.91 Å². The van der Waals surface area contributed by atoms with Crippen molar-refractivity contribution in [2.45, 2.75) is 70.1 Å². The molecule has 25 heavy (non-hydrogen) atoms. The molecule has 6 nitrogen and oxygen atoms in total. The van der Waals surface area contributed by atoms with Crippen LogP contribution in [0.1, 0.15) is 56.9 Å². The van der Waals surface area contributed by atoms with Gasteiger partial charge in [0.25, 0.3) is 0 Å². The van der Waals surface area contributed by atoms with Gasteiger partial charge in [0.2, 0.25) is 5.91 Å². The molecule has 3 rings (SSSR count). The van der Waals surface area contributed by atoms with E-state index in [9.17, 15) is 4.79 Å². The van der Waals surface area contributed by atoms with Gasteiger partial charge in [-0.3, -0.25) is 4.79 Å². The first-order valence-electron chi connectivity index (χ1n) is 9.68.